The number of unbranched alkanes of at least 4 members (excludes halogenated alkanes) is 1. The van der Waals surface area contributed by atoms with Crippen LogP contribution in [0.2, 0.25) is 0 Å². The maximum atomic E-state index is 12.9. The number of rotatable bonds is 19. The van der Waals surface area contributed by atoms with E-state index in [0.717, 1.165) is 83.2 Å². The fourth-order valence-corrected chi connectivity index (χ4v) is 7.54. The van der Waals surface area contributed by atoms with Crippen LogP contribution in [-0.2, 0) is 15.6 Å². The highest BCUT2D eigenvalue weighted by molar-refractivity contribution is 5.90. The van der Waals surface area contributed by atoms with Gasteiger partial charge in [0, 0.05) is 28.2 Å². The molecule has 0 aliphatic heterocycles. The largest absolute Gasteiger partial charge is 0.462 e. The molecule has 1 atom stereocenters. The average molecular weight is 885 g/mol. The molecule has 8 rings (SSSR count). The Kier molecular flexibility index (Phi) is 13.5. The molecule has 0 fully saturated rings. The Labute approximate surface area is 387 Å². The second-order valence-electron chi connectivity index (χ2n) is 18.3. The fourth-order valence-electron chi connectivity index (χ4n) is 7.54. The zero-order valence-electron chi connectivity index (χ0n) is 39.3. The summed E-state index contributed by atoms with van der Waals surface area (Å²) in [6.45, 7) is 18.1. The Bertz CT molecular complexity index is 2760. The number of hydrogen-bond acceptors (Lipinski definition) is 12. The van der Waals surface area contributed by atoms with Crippen LogP contribution in [0.3, 0.4) is 0 Å². The number of oxazole rings is 2. The smallest absolute Gasteiger partial charge is 0.338 e. The van der Waals surface area contributed by atoms with Crippen LogP contribution in [-0.4, -0.2) is 37.5 Å². The van der Waals surface area contributed by atoms with Crippen LogP contribution in [0.15, 0.2) is 118 Å². The summed E-state index contributed by atoms with van der Waals surface area (Å²) in [4.78, 5) is 36.8. The lowest BCUT2D eigenvalue weighted by Crippen LogP contribution is -2.14. The number of aromatic nitrogens is 5. The summed E-state index contributed by atoms with van der Waals surface area (Å²) in [6, 6.07) is 35.1. The highest BCUT2D eigenvalue weighted by atomic mass is 16.5. The second-order valence-corrected chi connectivity index (χ2v) is 18.3. The molecule has 0 saturated carbocycles. The molecule has 66 heavy (non-hydrogen) atoms. The summed E-state index contributed by atoms with van der Waals surface area (Å²) >= 11 is 0. The van der Waals surface area contributed by atoms with Crippen LogP contribution in [0.25, 0.3) is 45.1 Å². The Hall–Kier alpha value is -7.08. The van der Waals surface area contributed by atoms with Crippen molar-refractivity contribution in [1.29, 1.82) is 0 Å². The van der Waals surface area contributed by atoms with Gasteiger partial charge in [-0.1, -0.05) is 86.8 Å². The van der Waals surface area contributed by atoms with Crippen LogP contribution in [0.1, 0.15) is 115 Å². The number of fused-ring (bicyclic) bond motifs is 2. The summed E-state index contributed by atoms with van der Waals surface area (Å²) in [7, 11) is 0. The number of ether oxygens (including phenoxy) is 1. The first-order valence-electron chi connectivity index (χ1n) is 23.2. The molecule has 0 spiro atoms. The first-order chi connectivity index (χ1) is 31.8. The second kappa shape index (κ2) is 19.6. The van der Waals surface area contributed by atoms with Crippen molar-refractivity contribution >= 4 is 63.1 Å². The van der Waals surface area contributed by atoms with Crippen LogP contribution in [0.5, 0.6) is 0 Å². The van der Waals surface area contributed by atoms with Crippen LogP contribution >= 0.6 is 0 Å². The maximum absolute atomic E-state index is 12.9. The van der Waals surface area contributed by atoms with E-state index in [1.165, 1.54) is 11.1 Å². The van der Waals surface area contributed by atoms with Crippen molar-refractivity contribution < 1.29 is 18.4 Å². The number of anilines is 6. The third kappa shape index (κ3) is 10.5. The minimum absolute atomic E-state index is 0.0437. The summed E-state index contributed by atoms with van der Waals surface area (Å²) in [5.74, 6) is 2.01. The minimum atomic E-state index is -0.339. The van der Waals surface area contributed by atoms with Gasteiger partial charge in [0.2, 0.25) is 29.6 Å². The number of hydrogen-bond donors (Lipinski definition) is 3. The van der Waals surface area contributed by atoms with E-state index in [2.05, 4.69) is 95.6 Å². The SMILES string of the molecule is CCCCC(CC)COC(=O)c1ccc(Nc2nc(Nc3ccc(-c4nc5cc(C(C)(C)CC)ccc5o4)cc3)nc(Nc3ccc(-c4nc5cc(C(C)(C)CC)ccc5o4)cc3)n2)cc1. The molecular weight excluding hydrogens is 825 g/mol. The molecule has 3 aromatic heterocycles. The molecule has 0 bridgehead atoms. The van der Waals surface area contributed by atoms with Crippen LogP contribution in [0, 0.1) is 5.92 Å². The molecule has 1 unspecified atom stereocenters. The monoisotopic (exact) mass is 884 g/mol. The molecule has 0 aliphatic carbocycles. The van der Waals surface area contributed by atoms with Gasteiger partial charge in [0.05, 0.1) is 12.2 Å². The van der Waals surface area contributed by atoms with Gasteiger partial charge in [-0.05, 0) is 144 Å². The lowest BCUT2D eigenvalue weighted by Gasteiger charge is -2.22. The van der Waals surface area contributed by atoms with Gasteiger partial charge in [-0.2, -0.15) is 15.0 Å². The van der Waals surface area contributed by atoms with E-state index in [-0.39, 0.29) is 22.7 Å². The van der Waals surface area contributed by atoms with Gasteiger partial charge in [-0.15, -0.1) is 0 Å². The molecule has 8 aromatic rings. The lowest BCUT2D eigenvalue weighted by atomic mass is 9.82. The standard InChI is InChI=1S/C54H60N8O4/c1-9-13-14-34(10-2)33-64-49(63)37-19-27-42(28-20-37)57-52-61-50(55-40-23-15-35(16-24-40)47-58-43-31-38(53(5,6)11-3)21-29-45(43)65-47)60-51(62-52)56-41-25-17-36(18-26-41)48-59-44-32-39(54(7,8)12-4)22-30-46(44)66-48/h15-32,34H,9-14,33H2,1-8H3,(H3,55,56,57,60,61,62). The first-order valence-corrected chi connectivity index (χ1v) is 23.2. The van der Waals surface area contributed by atoms with E-state index in [1.807, 2.05) is 72.8 Å². The van der Waals surface area contributed by atoms with Gasteiger partial charge in [-0.3, -0.25) is 0 Å². The number of nitrogens with one attached hydrogen (secondary N) is 3. The third-order valence-electron chi connectivity index (χ3n) is 12.9. The van der Waals surface area contributed by atoms with E-state index in [0.29, 0.717) is 47.5 Å². The van der Waals surface area contributed by atoms with Crippen LogP contribution < -0.4 is 16.0 Å². The molecule has 0 aliphatic rings. The quantitative estimate of drug-likeness (QED) is 0.0662. The van der Waals surface area contributed by atoms with E-state index < -0.39 is 0 Å². The van der Waals surface area contributed by atoms with E-state index in [1.54, 1.807) is 12.1 Å². The molecule has 5 aromatic carbocycles. The fraction of sp³-hybridized carbons (Fsp3) is 0.333. The molecule has 12 nitrogen and oxygen atoms in total. The number of carbonyl (C=O) groups is 1. The van der Waals surface area contributed by atoms with Crippen molar-refractivity contribution in [2.75, 3.05) is 22.6 Å². The van der Waals surface area contributed by atoms with Crippen molar-refractivity contribution in [3.05, 3.63) is 126 Å². The first kappa shape index (κ1) is 45.5. The predicted molar refractivity (Wildman–Crippen MR) is 265 cm³/mol. The molecular formula is C54H60N8O4. The van der Waals surface area contributed by atoms with Gasteiger partial charge in [0.1, 0.15) is 11.0 Å². The van der Waals surface area contributed by atoms with Crippen molar-refractivity contribution in [1.82, 2.24) is 24.9 Å². The Morgan fingerprint density at radius 3 is 1.39 bits per heavy atom. The van der Waals surface area contributed by atoms with E-state index >= 15 is 0 Å². The van der Waals surface area contributed by atoms with Gasteiger partial charge < -0.3 is 29.5 Å². The number of carbonyl (C=O) groups excluding carboxylic acids is 1. The number of nitrogens with zero attached hydrogens (tertiary/aromatic N) is 5. The molecule has 3 heterocycles. The highest BCUT2D eigenvalue weighted by Crippen LogP contribution is 2.34. The topological polar surface area (TPSA) is 153 Å². The summed E-state index contributed by atoms with van der Waals surface area (Å²) in [5.41, 5.74) is 10.1. The predicted octanol–water partition coefficient (Wildman–Crippen LogP) is 14.5. The molecule has 0 amide bonds. The zero-order chi connectivity index (χ0) is 46.4. The van der Waals surface area contributed by atoms with Gasteiger partial charge in [0.15, 0.2) is 11.2 Å². The summed E-state index contributed by atoms with van der Waals surface area (Å²) in [6.07, 6.45) is 6.32. The Morgan fingerprint density at radius 2 is 1.00 bits per heavy atom. The zero-order valence-corrected chi connectivity index (χ0v) is 39.3. The van der Waals surface area contributed by atoms with Crippen molar-refractivity contribution in [3.63, 3.8) is 0 Å². The van der Waals surface area contributed by atoms with Gasteiger partial charge >= 0.3 is 5.97 Å². The minimum Gasteiger partial charge on any atom is -0.462 e. The molecule has 0 saturated heterocycles. The normalized spacial score (nSPS) is 12.4. The molecule has 3 N–H and O–H groups in total. The highest BCUT2D eigenvalue weighted by Gasteiger charge is 2.22. The maximum Gasteiger partial charge on any atom is 0.338 e. The molecule has 340 valence electrons. The Balaban J connectivity index is 1.02. The Morgan fingerprint density at radius 1 is 0.576 bits per heavy atom. The number of benzene rings is 5. The molecule has 12 heteroatoms. The summed E-state index contributed by atoms with van der Waals surface area (Å²) < 4.78 is 18.0. The van der Waals surface area contributed by atoms with Crippen molar-refractivity contribution in [2.45, 2.75) is 105 Å². The van der Waals surface area contributed by atoms with Crippen molar-refractivity contribution in [3.8, 4) is 22.9 Å². The van der Waals surface area contributed by atoms with Gasteiger partial charge in [-0.25, -0.2) is 14.8 Å². The number of esters is 1. The third-order valence-corrected chi connectivity index (χ3v) is 12.9. The van der Waals surface area contributed by atoms with Gasteiger partial charge in [0.25, 0.3) is 0 Å². The summed E-state index contributed by atoms with van der Waals surface area (Å²) in [5, 5.41) is 9.97. The van der Waals surface area contributed by atoms with Crippen molar-refractivity contribution in [2.24, 2.45) is 5.92 Å². The molecule has 0 radical (unpaired) electrons. The lowest BCUT2D eigenvalue weighted by molar-refractivity contribution is 0.0428. The van der Waals surface area contributed by atoms with E-state index in [9.17, 15) is 4.79 Å². The van der Waals surface area contributed by atoms with Crippen LogP contribution in [0.4, 0.5) is 34.9 Å². The van der Waals surface area contributed by atoms with E-state index in [4.69, 9.17) is 38.5 Å². The average Bonchev–Trinajstić information content (AvgIpc) is 3.97.